The molecular formula is C10H17N3O4S. The van der Waals surface area contributed by atoms with Gasteiger partial charge in [-0.3, -0.25) is 4.79 Å². The van der Waals surface area contributed by atoms with Crippen LogP contribution in [-0.4, -0.2) is 58.5 Å². The topological polar surface area (TPSA) is 86.5 Å². The molecule has 1 heterocycles. The Kier molecular flexibility index (Phi) is 7.38. The highest BCUT2D eigenvalue weighted by Gasteiger charge is 2.07. The third-order valence-corrected chi connectivity index (χ3v) is 2.99. The van der Waals surface area contributed by atoms with E-state index in [2.05, 4.69) is 10.2 Å². The first-order valence-electron chi connectivity index (χ1n) is 5.53. The zero-order chi connectivity index (χ0) is 13.2. The third kappa shape index (κ3) is 5.99. The first kappa shape index (κ1) is 14.9. The van der Waals surface area contributed by atoms with Crippen LogP contribution in [0.3, 0.4) is 0 Å². The van der Waals surface area contributed by atoms with Crippen LogP contribution in [0.5, 0.6) is 0 Å². The molecule has 0 aromatic carbocycles. The number of carboxylic acid groups (broad SMARTS) is 1. The number of carboxylic acids is 1. The van der Waals surface area contributed by atoms with E-state index >= 15 is 0 Å². The van der Waals surface area contributed by atoms with E-state index in [4.69, 9.17) is 14.6 Å². The largest absolute Gasteiger partial charge is 0.481 e. The average molecular weight is 275 g/mol. The highest BCUT2D eigenvalue weighted by Crippen LogP contribution is 2.14. The summed E-state index contributed by atoms with van der Waals surface area (Å²) in [4.78, 5) is 10.5. The summed E-state index contributed by atoms with van der Waals surface area (Å²) in [5.74, 6) is -0.874. The zero-order valence-corrected chi connectivity index (χ0v) is 11.1. The molecule has 0 aliphatic carbocycles. The van der Waals surface area contributed by atoms with Crippen LogP contribution in [0.1, 0.15) is 6.42 Å². The maximum atomic E-state index is 10.5. The van der Waals surface area contributed by atoms with Crippen LogP contribution >= 0.6 is 11.8 Å². The highest BCUT2D eigenvalue weighted by molar-refractivity contribution is 7.99. The number of hydrogen-bond acceptors (Lipinski definition) is 6. The van der Waals surface area contributed by atoms with E-state index in [1.807, 2.05) is 4.57 Å². The number of ether oxygens (including phenoxy) is 2. The van der Waals surface area contributed by atoms with Crippen LogP contribution in [0, 0.1) is 0 Å². The highest BCUT2D eigenvalue weighted by atomic mass is 32.2. The van der Waals surface area contributed by atoms with Gasteiger partial charge >= 0.3 is 5.97 Å². The second-order valence-corrected chi connectivity index (χ2v) is 4.39. The van der Waals surface area contributed by atoms with Gasteiger partial charge in [0, 0.05) is 20.3 Å². The number of hydrogen-bond donors (Lipinski definition) is 1. The first-order valence-corrected chi connectivity index (χ1v) is 6.51. The molecule has 0 radical (unpaired) electrons. The van der Waals surface area contributed by atoms with Crippen LogP contribution in [-0.2, 0) is 20.8 Å². The van der Waals surface area contributed by atoms with E-state index in [0.717, 1.165) is 18.2 Å². The molecule has 0 amide bonds. The lowest BCUT2D eigenvalue weighted by Crippen LogP contribution is -2.07. The summed E-state index contributed by atoms with van der Waals surface area (Å²) in [6.07, 6.45) is 2.42. The van der Waals surface area contributed by atoms with E-state index in [1.165, 1.54) is 0 Å². The Morgan fingerprint density at radius 1 is 1.50 bits per heavy atom. The van der Waals surface area contributed by atoms with Gasteiger partial charge in [0.15, 0.2) is 5.16 Å². The molecule has 0 saturated heterocycles. The molecule has 0 spiro atoms. The minimum Gasteiger partial charge on any atom is -0.481 e. The van der Waals surface area contributed by atoms with Crippen molar-refractivity contribution >= 4 is 17.7 Å². The van der Waals surface area contributed by atoms with Crippen molar-refractivity contribution in [3.05, 3.63) is 6.33 Å². The Balaban J connectivity index is 2.21. The molecule has 0 saturated carbocycles. The van der Waals surface area contributed by atoms with Gasteiger partial charge < -0.3 is 19.1 Å². The molecule has 7 nitrogen and oxygen atoms in total. The Morgan fingerprint density at radius 3 is 3.06 bits per heavy atom. The minimum atomic E-state index is -0.863. The molecule has 1 rings (SSSR count). The summed E-state index contributed by atoms with van der Waals surface area (Å²) >= 11 is 1.16. The Morgan fingerprint density at radius 2 is 2.33 bits per heavy atom. The van der Waals surface area contributed by atoms with Gasteiger partial charge in [-0.15, -0.1) is 10.2 Å². The molecule has 1 aromatic rings. The number of rotatable bonds is 10. The smallest absolute Gasteiger partial charge is 0.313 e. The second kappa shape index (κ2) is 8.90. The number of nitrogens with zero attached hydrogens (tertiary/aromatic N) is 3. The molecular weight excluding hydrogens is 258 g/mol. The van der Waals surface area contributed by atoms with Crippen molar-refractivity contribution in [2.45, 2.75) is 18.1 Å². The molecule has 0 aliphatic rings. The maximum absolute atomic E-state index is 10.5. The van der Waals surface area contributed by atoms with Crippen LogP contribution in [0.2, 0.25) is 0 Å². The monoisotopic (exact) mass is 275 g/mol. The summed E-state index contributed by atoms with van der Waals surface area (Å²) < 4.78 is 12.0. The predicted molar refractivity (Wildman–Crippen MR) is 65.7 cm³/mol. The zero-order valence-electron chi connectivity index (χ0n) is 10.2. The quantitative estimate of drug-likeness (QED) is 0.491. The first-order chi connectivity index (χ1) is 8.74. The summed E-state index contributed by atoms with van der Waals surface area (Å²) in [6, 6.07) is 0. The van der Waals surface area contributed by atoms with E-state index in [1.54, 1.807) is 13.4 Å². The van der Waals surface area contributed by atoms with Gasteiger partial charge in [0.2, 0.25) is 0 Å². The summed E-state index contributed by atoms with van der Waals surface area (Å²) in [5, 5.41) is 16.8. The van der Waals surface area contributed by atoms with Crippen LogP contribution in [0.25, 0.3) is 0 Å². The molecule has 102 valence electrons. The van der Waals surface area contributed by atoms with Crippen molar-refractivity contribution < 1.29 is 19.4 Å². The minimum absolute atomic E-state index is 0.0109. The molecule has 0 unspecified atom stereocenters. The van der Waals surface area contributed by atoms with E-state index in [0.29, 0.717) is 31.5 Å². The number of aromatic nitrogens is 3. The number of aryl methyl sites for hydroxylation is 1. The van der Waals surface area contributed by atoms with Gasteiger partial charge in [-0.1, -0.05) is 11.8 Å². The molecule has 8 heteroatoms. The van der Waals surface area contributed by atoms with Gasteiger partial charge in [-0.25, -0.2) is 0 Å². The number of methoxy groups -OCH3 is 1. The van der Waals surface area contributed by atoms with Crippen LogP contribution in [0.15, 0.2) is 11.5 Å². The Labute approximate surface area is 109 Å². The molecule has 0 bridgehead atoms. The lowest BCUT2D eigenvalue weighted by atomic mass is 10.4. The second-order valence-electron chi connectivity index (χ2n) is 3.45. The molecule has 18 heavy (non-hydrogen) atoms. The summed E-state index contributed by atoms with van der Waals surface area (Å²) in [5.41, 5.74) is 0. The van der Waals surface area contributed by atoms with Gasteiger partial charge in [0.05, 0.1) is 19.0 Å². The van der Waals surface area contributed by atoms with Crippen molar-refractivity contribution in [2.75, 3.05) is 32.7 Å². The number of aliphatic carboxylic acids is 1. The number of thioether (sulfide) groups is 1. The average Bonchev–Trinajstić information content (AvgIpc) is 2.78. The Hall–Kier alpha value is -1.12. The fourth-order valence-electron chi connectivity index (χ4n) is 1.22. The molecule has 1 aromatic heterocycles. The van der Waals surface area contributed by atoms with E-state index in [-0.39, 0.29) is 5.75 Å². The SMILES string of the molecule is COCCOCCCn1cnnc1SCC(=O)O. The van der Waals surface area contributed by atoms with E-state index in [9.17, 15) is 4.79 Å². The van der Waals surface area contributed by atoms with Crippen LogP contribution < -0.4 is 0 Å². The third-order valence-electron chi connectivity index (χ3n) is 2.02. The lowest BCUT2D eigenvalue weighted by molar-refractivity contribution is -0.133. The van der Waals surface area contributed by atoms with Crippen molar-refractivity contribution in [3.8, 4) is 0 Å². The van der Waals surface area contributed by atoms with Crippen molar-refractivity contribution in [1.82, 2.24) is 14.8 Å². The fraction of sp³-hybridized carbons (Fsp3) is 0.700. The fourth-order valence-corrected chi connectivity index (χ4v) is 1.88. The normalized spacial score (nSPS) is 10.7. The predicted octanol–water partition coefficient (Wildman–Crippen LogP) is 0.508. The number of carbonyl (C=O) groups is 1. The van der Waals surface area contributed by atoms with Crippen molar-refractivity contribution in [2.24, 2.45) is 0 Å². The molecule has 1 N–H and O–H groups in total. The van der Waals surface area contributed by atoms with Gasteiger partial charge in [0.25, 0.3) is 0 Å². The van der Waals surface area contributed by atoms with Gasteiger partial charge in [-0.2, -0.15) is 0 Å². The van der Waals surface area contributed by atoms with Crippen molar-refractivity contribution in [3.63, 3.8) is 0 Å². The molecule has 0 fully saturated rings. The van der Waals surface area contributed by atoms with Gasteiger partial charge in [-0.05, 0) is 6.42 Å². The van der Waals surface area contributed by atoms with Gasteiger partial charge in [0.1, 0.15) is 6.33 Å². The standard InChI is InChI=1S/C10H17N3O4S/c1-16-5-6-17-4-2-3-13-8-11-12-10(13)18-7-9(14)15/h8H,2-7H2,1H3,(H,14,15). The summed E-state index contributed by atoms with van der Waals surface area (Å²) in [7, 11) is 1.63. The lowest BCUT2D eigenvalue weighted by Gasteiger charge is -2.06. The maximum Gasteiger partial charge on any atom is 0.313 e. The Bertz CT molecular complexity index is 359. The summed E-state index contributed by atoms with van der Waals surface area (Å²) in [6.45, 7) is 2.51. The van der Waals surface area contributed by atoms with E-state index < -0.39 is 5.97 Å². The molecule has 0 aliphatic heterocycles. The van der Waals surface area contributed by atoms with Crippen molar-refractivity contribution in [1.29, 1.82) is 0 Å². The van der Waals surface area contributed by atoms with Crippen LogP contribution in [0.4, 0.5) is 0 Å². The molecule has 0 atom stereocenters.